The second kappa shape index (κ2) is 6.00. The summed E-state index contributed by atoms with van der Waals surface area (Å²) in [6.07, 6.45) is 1.66. The number of piperazine rings is 1. The van der Waals surface area contributed by atoms with E-state index in [9.17, 15) is 4.79 Å². The van der Waals surface area contributed by atoms with Crippen molar-refractivity contribution in [3.8, 4) is 0 Å². The Kier molecular flexibility index (Phi) is 4.08. The fourth-order valence-electron chi connectivity index (χ4n) is 3.16. The lowest BCUT2D eigenvalue weighted by Crippen LogP contribution is -3.27. The first-order valence-electron chi connectivity index (χ1n) is 7.85. The van der Waals surface area contributed by atoms with Gasteiger partial charge in [0.2, 0.25) is 5.43 Å². The number of fused-ring (bicyclic) bond motifs is 1. The molecular formula is C17H24N2O2+2. The number of hydrogen-bond acceptors (Lipinski definition) is 2. The summed E-state index contributed by atoms with van der Waals surface area (Å²) >= 11 is 0. The van der Waals surface area contributed by atoms with Crippen LogP contribution in [0.15, 0.2) is 33.7 Å². The molecule has 3 rings (SSSR count). The van der Waals surface area contributed by atoms with Crippen LogP contribution < -0.4 is 15.2 Å². The largest absolute Gasteiger partial charge is 0.464 e. The number of rotatable bonds is 3. The highest BCUT2D eigenvalue weighted by Gasteiger charge is 2.23. The van der Waals surface area contributed by atoms with Gasteiger partial charge in [-0.25, -0.2) is 0 Å². The molecule has 4 heteroatoms. The van der Waals surface area contributed by atoms with Crippen molar-refractivity contribution in [1.82, 2.24) is 0 Å². The minimum atomic E-state index is 0.137. The zero-order valence-corrected chi connectivity index (χ0v) is 12.9. The lowest BCUT2D eigenvalue weighted by molar-refractivity contribution is -1.02. The molecule has 2 N–H and O–H groups in total. The second-order valence-corrected chi connectivity index (χ2v) is 6.12. The van der Waals surface area contributed by atoms with Crippen LogP contribution in [0.1, 0.15) is 18.1 Å². The van der Waals surface area contributed by atoms with E-state index in [1.165, 1.54) is 24.5 Å². The Morgan fingerprint density at radius 2 is 1.86 bits per heavy atom. The summed E-state index contributed by atoms with van der Waals surface area (Å²) in [6.45, 7) is 10.9. The van der Waals surface area contributed by atoms with Gasteiger partial charge in [-0.2, -0.15) is 0 Å². The van der Waals surface area contributed by atoms with Gasteiger partial charge in [-0.15, -0.1) is 0 Å². The molecule has 0 spiro atoms. The van der Waals surface area contributed by atoms with Gasteiger partial charge in [0.15, 0.2) is 0 Å². The molecule has 1 aliphatic heterocycles. The van der Waals surface area contributed by atoms with E-state index in [4.69, 9.17) is 4.42 Å². The zero-order chi connectivity index (χ0) is 14.8. The molecule has 1 aromatic heterocycles. The maximum Gasteiger partial charge on any atom is 0.201 e. The van der Waals surface area contributed by atoms with E-state index in [2.05, 4.69) is 6.92 Å². The Morgan fingerprint density at radius 3 is 2.57 bits per heavy atom. The Balaban J connectivity index is 1.82. The van der Waals surface area contributed by atoms with Crippen LogP contribution >= 0.6 is 0 Å². The molecule has 0 amide bonds. The molecule has 1 aromatic carbocycles. The molecule has 4 nitrogen and oxygen atoms in total. The number of hydrogen-bond donors (Lipinski definition) is 2. The standard InChI is InChI=1S/C17H22N2O2/c1-3-18-6-8-19(9-7-18)11-14-12-21-16-5-4-13(2)10-15(16)17(14)20/h4-5,10,12H,3,6-9,11H2,1-2H3/p+2. The van der Waals surface area contributed by atoms with E-state index >= 15 is 0 Å². The van der Waals surface area contributed by atoms with Crippen LogP contribution in [0.4, 0.5) is 0 Å². The fraction of sp³-hybridized carbons (Fsp3) is 0.471. The first-order valence-corrected chi connectivity index (χ1v) is 7.85. The van der Waals surface area contributed by atoms with Crippen molar-refractivity contribution in [3.63, 3.8) is 0 Å². The third kappa shape index (κ3) is 3.01. The summed E-state index contributed by atoms with van der Waals surface area (Å²) in [5.74, 6) is 0. The monoisotopic (exact) mass is 288 g/mol. The predicted molar refractivity (Wildman–Crippen MR) is 82.9 cm³/mol. The van der Waals surface area contributed by atoms with Crippen molar-refractivity contribution in [2.24, 2.45) is 0 Å². The minimum Gasteiger partial charge on any atom is -0.464 e. The van der Waals surface area contributed by atoms with Crippen LogP contribution in [0.25, 0.3) is 11.0 Å². The minimum absolute atomic E-state index is 0.137. The Hall–Kier alpha value is -1.65. The molecule has 21 heavy (non-hydrogen) atoms. The fourth-order valence-corrected chi connectivity index (χ4v) is 3.16. The number of nitrogens with one attached hydrogen (secondary N) is 2. The topological polar surface area (TPSA) is 39.1 Å². The average Bonchev–Trinajstić information content (AvgIpc) is 2.51. The molecule has 112 valence electrons. The summed E-state index contributed by atoms with van der Waals surface area (Å²) in [7, 11) is 0. The first-order chi connectivity index (χ1) is 10.2. The molecule has 0 bridgehead atoms. The van der Waals surface area contributed by atoms with Crippen LogP contribution in [-0.4, -0.2) is 32.7 Å². The third-order valence-electron chi connectivity index (χ3n) is 4.60. The van der Waals surface area contributed by atoms with Gasteiger partial charge in [-0.1, -0.05) is 11.6 Å². The van der Waals surface area contributed by atoms with Crippen LogP contribution in [-0.2, 0) is 6.54 Å². The van der Waals surface area contributed by atoms with Crippen molar-refractivity contribution >= 4 is 11.0 Å². The average molecular weight is 288 g/mol. The van der Waals surface area contributed by atoms with Crippen LogP contribution in [0.5, 0.6) is 0 Å². The van der Waals surface area contributed by atoms with Crippen molar-refractivity contribution in [1.29, 1.82) is 0 Å². The van der Waals surface area contributed by atoms with Gasteiger partial charge in [0.25, 0.3) is 0 Å². The van der Waals surface area contributed by atoms with Gasteiger partial charge >= 0.3 is 0 Å². The van der Waals surface area contributed by atoms with Crippen LogP contribution in [0.3, 0.4) is 0 Å². The normalized spacial score (nSPS) is 22.6. The van der Waals surface area contributed by atoms with Crippen molar-refractivity contribution in [2.45, 2.75) is 20.4 Å². The van der Waals surface area contributed by atoms with E-state index in [1.807, 2.05) is 25.1 Å². The van der Waals surface area contributed by atoms with E-state index in [1.54, 1.807) is 11.2 Å². The third-order valence-corrected chi connectivity index (χ3v) is 4.60. The molecule has 1 fully saturated rings. The Labute approximate surface area is 125 Å². The van der Waals surface area contributed by atoms with E-state index in [0.717, 1.165) is 30.8 Å². The molecule has 0 aliphatic carbocycles. The summed E-state index contributed by atoms with van der Waals surface area (Å²) in [4.78, 5) is 15.8. The smallest absolute Gasteiger partial charge is 0.201 e. The molecule has 0 saturated carbocycles. The van der Waals surface area contributed by atoms with Gasteiger partial charge in [0.05, 0.1) is 17.5 Å². The van der Waals surface area contributed by atoms with Crippen LogP contribution in [0, 0.1) is 6.92 Å². The molecule has 0 atom stereocenters. The number of aryl methyl sites for hydroxylation is 1. The van der Waals surface area contributed by atoms with E-state index in [0.29, 0.717) is 11.0 Å². The summed E-state index contributed by atoms with van der Waals surface area (Å²) in [5.41, 5.74) is 2.73. The lowest BCUT2D eigenvalue weighted by atomic mass is 10.1. The molecule has 0 unspecified atom stereocenters. The van der Waals surface area contributed by atoms with Crippen LogP contribution in [0.2, 0.25) is 0 Å². The zero-order valence-electron chi connectivity index (χ0n) is 12.9. The van der Waals surface area contributed by atoms with Crippen molar-refractivity contribution < 1.29 is 14.2 Å². The first kappa shape index (κ1) is 14.3. The molecular weight excluding hydrogens is 264 g/mol. The highest BCUT2D eigenvalue weighted by Crippen LogP contribution is 2.12. The van der Waals surface area contributed by atoms with Gasteiger partial charge in [-0.05, 0) is 26.0 Å². The van der Waals surface area contributed by atoms with E-state index < -0.39 is 0 Å². The maximum absolute atomic E-state index is 12.6. The molecule has 1 aliphatic rings. The number of quaternary nitrogens is 2. The predicted octanol–water partition coefficient (Wildman–Crippen LogP) is -0.595. The lowest BCUT2D eigenvalue weighted by Gasteiger charge is -2.28. The van der Waals surface area contributed by atoms with Crippen molar-refractivity contribution in [3.05, 3.63) is 45.8 Å². The van der Waals surface area contributed by atoms with Gasteiger partial charge in [-0.3, -0.25) is 4.79 Å². The SMILES string of the molecule is CC[NH+]1CC[NH+](Cc2coc3ccc(C)cc3c2=O)CC1. The van der Waals surface area contributed by atoms with Crippen molar-refractivity contribution in [2.75, 3.05) is 32.7 Å². The second-order valence-electron chi connectivity index (χ2n) is 6.12. The molecule has 1 saturated heterocycles. The highest BCUT2D eigenvalue weighted by molar-refractivity contribution is 5.77. The highest BCUT2D eigenvalue weighted by atomic mass is 16.3. The molecule has 2 aromatic rings. The summed E-state index contributed by atoms with van der Waals surface area (Å²) < 4.78 is 5.64. The van der Waals surface area contributed by atoms with E-state index in [-0.39, 0.29) is 5.43 Å². The number of likely N-dealkylation sites (N-methyl/N-ethyl adjacent to an activating group) is 1. The van der Waals surface area contributed by atoms with Gasteiger partial charge in [0, 0.05) is 0 Å². The quantitative estimate of drug-likeness (QED) is 0.792. The van der Waals surface area contributed by atoms with Gasteiger partial charge < -0.3 is 14.2 Å². The maximum atomic E-state index is 12.6. The number of benzene rings is 1. The summed E-state index contributed by atoms with van der Waals surface area (Å²) in [6, 6.07) is 5.79. The molecule has 2 heterocycles. The van der Waals surface area contributed by atoms with Gasteiger partial charge in [0.1, 0.15) is 44.6 Å². The molecule has 0 radical (unpaired) electrons. The Morgan fingerprint density at radius 1 is 1.14 bits per heavy atom. The summed E-state index contributed by atoms with van der Waals surface area (Å²) in [5, 5.41) is 0.713. The Bertz CT molecular complexity index is 685.